The van der Waals surface area contributed by atoms with E-state index in [9.17, 15) is 20.1 Å². The molecule has 0 aliphatic heterocycles. The molecule has 5 aromatic carbocycles. The van der Waals surface area contributed by atoms with E-state index in [2.05, 4.69) is 195 Å². The Morgan fingerprint density at radius 3 is 1.04 bits per heavy atom. The van der Waals surface area contributed by atoms with E-state index in [1.54, 1.807) is 22.7 Å². The lowest BCUT2D eigenvalue weighted by Gasteiger charge is -2.35. The van der Waals surface area contributed by atoms with Gasteiger partial charge in [0.2, 0.25) is 0 Å². The van der Waals surface area contributed by atoms with Crippen LogP contribution in [0.4, 0.5) is 0 Å². The van der Waals surface area contributed by atoms with Crippen molar-refractivity contribution in [1.82, 2.24) is 0 Å². The molecule has 6 nitrogen and oxygen atoms in total. The van der Waals surface area contributed by atoms with Gasteiger partial charge in [0.25, 0.3) is 11.4 Å². The Bertz CT molecular complexity index is 5880. The van der Waals surface area contributed by atoms with E-state index in [0.29, 0.717) is 43.2 Å². The molecule has 13 aromatic rings. The largest absolute Gasteiger partial charge is 0.288 e. The van der Waals surface area contributed by atoms with Crippen molar-refractivity contribution in [2.45, 2.75) is 167 Å². The summed E-state index contributed by atoms with van der Waals surface area (Å²) in [7, 11) is 0. The molecule has 0 fully saturated rings. The number of rotatable bonds is 26. The fourth-order valence-corrected chi connectivity index (χ4v) is 27.2. The van der Waals surface area contributed by atoms with Gasteiger partial charge in [-0.25, -0.2) is 20.2 Å². The molecule has 4 aliphatic carbocycles. The van der Waals surface area contributed by atoms with Crippen molar-refractivity contribution in [3.63, 3.8) is 0 Å². The average Bonchev–Trinajstić information content (AvgIpc) is 1.50. The number of nitriles is 2. The van der Waals surface area contributed by atoms with Gasteiger partial charge in [0.15, 0.2) is 11.6 Å². The molecule has 0 unspecified atom stereocenters. The maximum absolute atomic E-state index is 14.9. The third-order valence-corrected chi connectivity index (χ3v) is 32.1. The van der Waals surface area contributed by atoms with Crippen LogP contribution in [0.1, 0.15) is 237 Å². The second-order valence-electron chi connectivity index (χ2n) is 30.1. The number of fused-ring (bicyclic) bond motifs is 12. The maximum Gasteiger partial charge on any atom is 0.271 e. The van der Waals surface area contributed by atoms with E-state index in [0.717, 1.165) is 98.0 Å². The zero-order chi connectivity index (χ0) is 76.8. The predicted octanol–water partition coefficient (Wildman–Crippen LogP) is 25.8. The fourth-order valence-electron chi connectivity index (χ4n) is 17.8. The third kappa shape index (κ3) is 13.0. The molecule has 0 radical (unpaired) electrons. The molecule has 112 heavy (non-hydrogen) atoms. The Morgan fingerprint density at radius 2 is 0.732 bits per heavy atom. The number of carbonyl (C=O) groups excluding carboxylic acids is 2. The Hall–Kier alpha value is -9.52. The van der Waals surface area contributed by atoms with Gasteiger partial charge < -0.3 is 0 Å². The molecule has 8 heterocycles. The normalized spacial score (nSPS) is 16.4. The molecule has 0 amide bonds. The highest BCUT2D eigenvalue weighted by atomic mass is 32.1. The first-order valence-electron chi connectivity index (χ1n) is 39.6. The first-order valence-corrected chi connectivity index (χ1v) is 46.3. The summed E-state index contributed by atoms with van der Waals surface area (Å²) in [6, 6.07) is 65.4. The van der Waals surface area contributed by atoms with E-state index in [1.165, 1.54) is 210 Å². The average molecular weight is 1600 g/mol. The number of carbonyl (C=O) groups is 2. The molecule has 554 valence electrons. The van der Waals surface area contributed by atoms with Gasteiger partial charge in [-0.2, -0.15) is 0 Å². The number of hydrogen-bond acceptors (Lipinski definition) is 12. The smallest absolute Gasteiger partial charge is 0.271 e. The molecule has 0 saturated heterocycles. The predicted molar refractivity (Wildman–Crippen MR) is 476 cm³/mol. The lowest BCUT2D eigenvalue weighted by atomic mass is 9.65. The highest BCUT2D eigenvalue weighted by Gasteiger charge is 2.53. The molecular weight excluding hydrogens is 1520 g/mol. The van der Waals surface area contributed by atoms with Crippen molar-refractivity contribution < 1.29 is 9.59 Å². The fraction of sp³-hybridized carbons (Fsp3) is 0.265. The van der Waals surface area contributed by atoms with E-state index < -0.39 is 10.8 Å². The van der Waals surface area contributed by atoms with E-state index in [1.807, 2.05) is 57.7 Å². The molecule has 0 atom stereocenters. The first kappa shape index (κ1) is 75.2. The molecule has 0 bridgehead atoms. The molecule has 0 spiro atoms. The lowest BCUT2D eigenvalue weighted by molar-refractivity contribution is 0.105. The number of hydrogen-bond donors (Lipinski definition) is 0. The Kier molecular flexibility index (Phi) is 21.6. The lowest BCUT2D eigenvalue weighted by Crippen LogP contribution is -2.30. The van der Waals surface area contributed by atoms with Gasteiger partial charge >= 0.3 is 0 Å². The van der Waals surface area contributed by atoms with Crippen molar-refractivity contribution in [3.05, 3.63) is 318 Å². The summed E-state index contributed by atoms with van der Waals surface area (Å²) in [4.78, 5) is 43.3. The van der Waals surface area contributed by atoms with Crippen LogP contribution in [0.2, 0.25) is 0 Å². The van der Waals surface area contributed by atoms with Gasteiger partial charge in [-0.15, -0.1) is 90.7 Å². The Balaban J connectivity index is 0.908. The second kappa shape index (κ2) is 32.2. The van der Waals surface area contributed by atoms with Crippen LogP contribution >= 0.6 is 90.7 Å². The number of unbranched alkanes of at least 4 members (excludes halogenated alkanes) is 12. The molecule has 4 aliphatic rings. The molecule has 0 N–H and O–H groups in total. The molecular formula is C98H82N4O2S8. The minimum Gasteiger partial charge on any atom is -0.288 e. The topological polar surface area (TPSA) is 90.4 Å². The van der Waals surface area contributed by atoms with Gasteiger partial charge in [0.1, 0.15) is 0 Å². The van der Waals surface area contributed by atoms with Crippen molar-refractivity contribution in [2.24, 2.45) is 0 Å². The van der Waals surface area contributed by atoms with E-state index in [4.69, 9.17) is 13.1 Å². The van der Waals surface area contributed by atoms with Crippen molar-refractivity contribution in [2.75, 3.05) is 0 Å². The van der Waals surface area contributed by atoms with Crippen LogP contribution in [0, 0.1) is 35.8 Å². The summed E-state index contributed by atoms with van der Waals surface area (Å²) in [5.74, 6) is -0.256. The van der Waals surface area contributed by atoms with Gasteiger partial charge in [0, 0.05) is 79.1 Å². The molecule has 8 aromatic heterocycles. The van der Waals surface area contributed by atoms with Crippen LogP contribution in [0.25, 0.3) is 83.8 Å². The number of thiophene rings is 8. The van der Waals surface area contributed by atoms with Gasteiger partial charge in [0.05, 0.1) is 56.6 Å². The summed E-state index contributed by atoms with van der Waals surface area (Å²) >= 11 is 12.8. The number of benzene rings is 5. The molecule has 17 rings (SSSR count). The highest BCUT2D eigenvalue weighted by molar-refractivity contribution is 7.29. The van der Waals surface area contributed by atoms with E-state index >= 15 is 0 Å². The van der Waals surface area contributed by atoms with Crippen molar-refractivity contribution >= 4 is 156 Å². The summed E-state index contributed by atoms with van der Waals surface area (Å²) in [5, 5.41) is 25.0. The minimum atomic E-state index is -0.780. The third-order valence-electron chi connectivity index (χ3n) is 23.3. The zero-order valence-corrected chi connectivity index (χ0v) is 69.9. The number of ketones is 2. The minimum absolute atomic E-state index is 0.0608. The van der Waals surface area contributed by atoms with Crippen LogP contribution in [0.5, 0.6) is 0 Å². The van der Waals surface area contributed by atoms with E-state index in [-0.39, 0.29) is 23.0 Å². The number of Topliss-reactive ketones (excluding diaryl/α,β-unsaturated/α-hetero) is 2. The first-order chi connectivity index (χ1) is 55.0. The van der Waals surface area contributed by atoms with Gasteiger partial charge in [-0.1, -0.05) is 202 Å². The summed E-state index contributed by atoms with van der Waals surface area (Å²) in [5.41, 5.74) is 18.9. The van der Waals surface area contributed by atoms with Crippen LogP contribution in [-0.4, -0.2) is 11.6 Å². The Labute approximate surface area is 687 Å². The van der Waals surface area contributed by atoms with Gasteiger partial charge in [-0.05, 0) is 213 Å². The number of aryl methyl sites for hydroxylation is 4. The zero-order valence-electron chi connectivity index (χ0n) is 63.3. The highest BCUT2D eigenvalue weighted by Crippen LogP contribution is 2.66. The quantitative estimate of drug-likeness (QED) is 0.0307. The molecule has 14 heteroatoms. The number of allylic oxidation sites excluding steroid dienone is 4. The SMILES string of the molecule is [C-]#[N+]/C(C#N)=C1/C(=c2/cc/c(=C\c3cc4c(s3)-c3cc5c(cc3C4(c3ccc(CCCCCC)cc3)c3ccc(CCCCCC)cc3)-c3sc(/C=c4\cc/c(=C6\C(=O)c7c(sc8ccsc78)\C6=C(/C#N)[N+]#[C-])s4)cc3C5(c3ccc(CCCCCC)cc3)c3ccc(CCCCCC)cc3)s2)C(=O)c2c1sc1ccsc21. The van der Waals surface area contributed by atoms with Crippen molar-refractivity contribution in [3.8, 4) is 33.0 Å². The standard InChI is InChI=1S/C98H82N4O2S8/c1-7-11-15-19-23-59-27-35-63(36-28-59)97(64-37-29-60(30-38-64)24-20-16-12-8-2)73-55-72-74(56-71(73)91-75(97)53-69(109-91)51-67-43-45-79(107-67)85-83(77(57-99)101-5)95-87(89(85)103)93-81(111-95)47-49-105-93)98(65-39-31-61(32-40-65)25-21-17-13-9-3,66-41-33-62(34-42-66)26-22-18-14-10-4)76-54-70(110-92(72)76)52-68-44-46-80(108-68)86-84(78(58-100)102-6)96-88(90(86)104)94-82(112-96)48-50-106-94/h27-56H,7-26H2,1-4H3/b67-51+,68-52+,83-77-,84-78+,85-79+,86-80+. The van der Waals surface area contributed by atoms with Crippen molar-refractivity contribution in [1.29, 1.82) is 10.5 Å². The molecule has 0 saturated carbocycles. The second-order valence-corrected chi connectivity index (χ2v) is 38.4. The summed E-state index contributed by atoms with van der Waals surface area (Å²) in [6.45, 7) is 25.4. The monoisotopic (exact) mass is 1600 g/mol. The van der Waals surface area contributed by atoms with Crippen LogP contribution in [0.3, 0.4) is 0 Å². The van der Waals surface area contributed by atoms with Crippen LogP contribution in [-0.2, 0) is 36.5 Å². The summed E-state index contributed by atoms with van der Waals surface area (Å²) < 4.78 is 7.24. The number of nitrogens with zero attached hydrogens (tertiary/aromatic N) is 4. The Morgan fingerprint density at radius 1 is 0.393 bits per heavy atom. The van der Waals surface area contributed by atoms with Gasteiger partial charge in [-0.3, -0.25) is 9.59 Å². The van der Waals surface area contributed by atoms with Crippen LogP contribution < -0.4 is 18.1 Å². The van der Waals surface area contributed by atoms with Crippen LogP contribution in [0.15, 0.2) is 180 Å². The maximum atomic E-state index is 14.9. The summed E-state index contributed by atoms with van der Waals surface area (Å²) in [6.07, 6.45) is 27.7.